The molecule has 1 aromatic carbocycles. The van der Waals surface area contributed by atoms with Gasteiger partial charge in [-0.15, -0.1) is 11.3 Å². The van der Waals surface area contributed by atoms with Crippen LogP contribution in [0.5, 0.6) is 0 Å². The van der Waals surface area contributed by atoms with E-state index in [1.165, 1.54) is 35.3 Å². The maximum Gasteiger partial charge on any atom is 0.256 e. The third kappa shape index (κ3) is 4.11. The van der Waals surface area contributed by atoms with Crippen molar-refractivity contribution in [2.75, 3.05) is 25.0 Å². The van der Waals surface area contributed by atoms with E-state index < -0.39 is 6.10 Å². The summed E-state index contributed by atoms with van der Waals surface area (Å²) in [6, 6.07) is 7.60. The highest BCUT2D eigenvalue weighted by atomic mass is 32.1. The fourth-order valence-corrected chi connectivity index (χ4v) is 4.66. The van der Waals surface area contributed by atoms with Crippen molar-refractivity contribution < 1.29 is 14.7 Å². The number of amides is 2. The quantitative estimate of drug-likeness (QED) is 0.620. The van der Waals surface area contributed by atoms with Gasteiger partial charge in [0.1, 0.15) is 5.00 Å². The SMILES string of the molecule is O=C(Nc1sccc1C(=O)NCC1CNCC1O)c1ccc2c(c1)CCCC2. The molecule has 148 valence electrons. The van der Waals surface area contributed by atoms with Crippen LogP contribution in [0.2, 0.25) is 0 Å². The first-order valence-electron chi connectivity index (χ1n) is 9.79. The van der Waals surface area contributed by atoms with Crippen LogP contribution in [-0.4, -0.2) is 42.7 Å². The zero-order valence-electron chi connectivity index (χ0n) is 15.7. The van der Waals surface area contributed by atoms with Gasteiger partial charge in [-0.25, -0.2) is 0 Å². The molecule has 2 aliphatic rings. The molecule has 4 N–H and O–H groups in total. The molecule has 0 radical (unpaired) electrons. The van der Waals surface area contributed by atoms with Gasteiger partial charge in [0.2, 0.25) is 0 Å². The van der Waals surface area contributed by atoms with Crippen molar-refractivity contribution in [1.29, 1.82) is 0 Å². The minimum atomic E-state index is -0.439. The van der Waals surface area contributed by atoms with Gasteiger partial charge < -0.3 is 21.1 Å². The van der Waals surface area contributed by atoms with Crippen LogP contribution in [0, 0.1) is 5.92 Å². The van der Waals surface area contributed by atoms with Crippen LogP contribution in [-0.2, 0) is 12.8 Å². The second kappa shape index (κ2) is 8.43. The molecule has 1 aliphatic heterocycles. The zero-order chi connectivity index (χ0) is 19.5. The Morgan fingerprint density at radius 2 is 1.93 bits per heavy atom. The zero-order valence-corrected chi connectivity index (χ0v) is 16.5. The van der Waals surface area contributed by atoms with Crippen molar-refractivity contribution >= 4 is 28.2 Å². The lowest BCUT2D eigenvalue weighted by Crippen LogP contribution is -2.34. The molecule has 2 heterocycles. The van der Waals surface area contributed by atoms with Gasteiger partial charge in [0.15, 0.2) is 0 Å². The first-order chi connectivity index (χ1) is 13.6. The molecule has 2 unspecified atom stereocenters. The number of aliphatic hydroxyl groups is 1. The molecule has 2 amide bonds. The fourth-order valence-electron chi connectivity index (χ4n) is 3.88. The number of carbonyl (C=O) groups is 2. The van der Waals surface area contributed by atoms with E-state index >= 15 is 0 Å². The minimum absolute atomic E-state index is 0.0103. The van der Waals surface area contributed by atoms with Crippen molar-refractivity contribution in [1.82, 2.24) is 10.6 Å². The number of aliphatic hydroxyl groups excluding tert-OH is 1. The summed E-state index contributed by atoms with van der Waals surface area (Å²) in [6.07, 6.45) is 4.03. The summed E-state index contributed by atoms with van der Waals surface area (Å²) < 4.78 is 0. The standard InChI is InChI=1S/C21H25N3O3S/c25-18-12-22-10-16(18)11-23-20(27)17-7-8-28-21(17)24-19(26)15-6-5-13-3-1-2-4-14(13)9-15/h5-9,16,18,22,25H,1-4,10-12H2,(H,23,27)(H,24,26). The highest BCUT2D eigenvalue weighted by Crippen LogP contribution is 2.26. The number of thiophene rings is 1. The van der Waals surface area contributed by atoms with Crippen LogP contribution < -0.4 is 16.0 Å². The van der Waals surface area contributed by atoms with Crippen LogP contribution >= 0.6 is 11.3 Å². The maximum absolute atomic E-state index is 12.7. The predicted octanol–water partition coefficient (Wildman–Crippen LogP) is 2.19. The predicted molar refractivity (Wildman–Crippen MR) is 110 cm³/mol. The van der Waals surface area contributed by atoms with E-state index in [0.29, 0.717) is 35.8 Å². The molecule has 6 nitrogen and oxygen atoms in total. The number of β-amino-alcohol motifs (C(OH)–C–C–N with tert-alkyl or cyclic N) is 1. The lowest BCUT2D eigenvalue weighted by Gasteiger charge is -2.16. The summed E-state index contributed by atoms with van der Waals surface area (Å²) in [5, 5.41) is 21.0. The van der Waals surface area contributed by atoms with Gasteiger partial charge in [0.25, 0.3) is 11.8 Å². The normalized spacial score (nSPS) is 21.2. The molecule has 0 saturated carbocycles. The van der Waals surface area contributed by atoms with Crippen LogP contribution in [0.4, 0.5) is 5.00 Å². The second-order valence-electron chi connectivity index (χ2n) is 7.50. The average molecular weight is 400 g/mol. The number of benzene rings is 1. The summed E-state index contributed by atoms with van der Waals surface area (Å²) in [5.74, 6) is -0.419. The van der Waals surface area contributed by atoms with E-state index in [9.17, 15) is 14.7 Å². The van der Waals surface area contributed by atoms with Gasteiger partial charge in [-0.1, -0.05) is 6.07 Å². The number of hydrogen-bond donors (Lipinski definition) is 4. The summed E-state index contributed by atoms with van der Waals surface area (Å²) in [5.41, 5.74) is 3.67. The molecule has 2 aromatic rings. The summed E-state index contributed by atoms with van der Waals surface area (Å²) in [4.78, 5) is 25.2. The molecule has 0 spiro atoms. The van der Waals surface area contributed by atoms with Gasteiger partial charge in [-0.3, -0.25) is 9.59 Å². The van der Waals surface area contributed by atoms with E-state index in [2.05, 4.69) is 16.0 Å². The number of fused-ring (bicyclic) bond motifs is 1. The first-order valence-corrected chi connectivity index (χ1v) is 10.7. The molecular formula is C21H25N3O3S. The largest absolute Gasteiger partial charge is 0.391 e. The summed E-state index contributed by atoms with van der Waals surface area (Å²) in [6.45, 7) is 1.65. The van der Waals surface area contributed by atoms with Crippen LogP contribution in [0.3, 0.4) is 0 Å². The van der Waals surface area contributed by atoms with E-state index in [1.807, 2.05) is 18.2 Å². The second-order valence-corrected chi connectivity index (χ2v) is 8.42. The van der Waals surface area contributed by atoms with Crippen LogP contribution in [0.25, 0.3) is 0 Å². The van der Waals surface area contributed by atoms with Gasteiger partial charge >= 0.3 is 0 Å². The number of anilines is 1. The Bertz CT molecular complexity index is 880. The minimum Gasteiger partial charge on any atom is -0.391 e. The molecular weight excluding hydrogens is 374 g/mol. The third-order valence-corrected chi connectivity index (χ3v) is 6.41. The van der Waals surface area contributed by atoms with Crippen LogP contribution in [0.1, 0.15) is 44.7 Å². The number of aryl methyl sites for hydroxylation is 2. The van der Waals surface area contributed by atoms with Crippen molar-refractivity contribution in [3.05, 3.63) is 51.9 Å². The topological polar surface area (TPSA) is 90.5 Å². The number of hydrogen-bond acceptors (Lipinski definition) is 5. The molecule has 1 aliphatic carbocycles. The Balaban J connectivity index is 1.41. The number of rotatable bonds is 5. The van der Waals surface area contributed by atoms with Crippen molar-refractivity contribution in [3.63, 3.8) is 0 Å². The highest BCUT2D eigenvalue weighted by Gasteiger charge is 2.26. The van der Waals surface area contributed by atoms with Crippen molar-refractivity contribution in [2.24, 2.45) is 5.92 Å². The van der Waals surface area contributed by atoms with Gasteiger partial charge in [-0.05, 0) is 60.4 Å². The molecule has 4 rings (SSSR count). The van der Waals surface area contributed by atoms with E-state index in [4.69, 9.17) is 0 Å². The Labute approximate surface area is 168 Å². The number of nitrogens with one attached hydrogen (secondary N) is 3. The fraction of sp³-hybridized carbons (Fsp3) is 0.429. The Morgan fingerprint density at radius 3 is 2.71 bits per heavy atom. The first kappa shape index (κ1) is 19.1. The highest BCUT2D eigenvalue weighted by molar-refractivity contribution is 7.14. The van der Waals surface area contributed by atoms with Gasteiger partial charge in [-0.2, -0.15) is 0 Å². The van der Waals surface area contributed by atoms with E-state index in [0.717, 1.165) is 12.8 Å². The van der Waals surface area contributed by atoms with E-state index in [-0.39, 0.29) is 17.7 Å². The average Bonchev–Trinajstić information content (AvgIpc) is 3.34. The molecule has 28 heavy (non-hydrogen) atoms. The third-order valence-electron chi connectivity index (χ3n) is 5.58. The van der Waals surface area contributed by atoms with E-state index in [1.54, 1.807) is 11.4 Å². The molecule has 1 aromatic heterocycles. The van der Waals surface area contributed by atoms with Crippen molar-refractivity contribution in [2.45, 2.75) is 31.8 Å². The summed E-state index contributed by atoms with van der Waals surface area (Å²) >= 11 is 1.33. The lowest BCUT2D eigenvalue weighted by atomic mass is 9.90. The Morgan fingerprint density at radius 1 is 1.11 bits per heavy atom. The summed E-state index contributed by atoms with van der Waals surface area (Å²) in [7, 11) is 0. The number of carbonyl (C=O) groups excluding carboxylic acids is 2. The van der Waals surface area contributed by atoms with Crippen LogP contribution in [0.15, 0.2) is 29.6 Å². The lowest BCUT2D eigenvalue weighted by molar-refractivity contribution is 0.0928. The van der Waals surface area contributed by atoms with Crippen molar-refractivity contribution in [3.8, 4) is 0 Å². The Kier molecular flexibility index (Phi) is 5.75. The molecule has 7 heteroatoms. The molecule has 0 bridgehead atoms. The van der Waals surface area contributed by atoms with Gasteiger partial charge in [0.05, 0.1) is 11.7 Å². The maximum atomic E-state index is 12.7. The van der Waals surface area contributed by atoms with Gasteiger partial charge in [0, 0.05) is 31.1 Å². The molecule has 1 fully saturated rings. The Hall–Kier alpha value is -2.22. The smallest absolute Gasteiger partial charge is 0.256 e. The monoisotopic (exact) mass is 399 g/mol. The molecule has 1 saturated heterocycles. The molecule has 2 atom stereocenters.